The quantitative estimate of drug-likeness (QED) is 0.208. The van der Waals surface area contributed by atoms with Gasteiger partial charge in [0.25, 0.3) is 0 Å². The summed E-state index contributed by atoms with van der Waals surface area (Å²) in [6.07, 6.45) is 2.30. The molecule has 3 aromatic rings. The van der Waals surface area contributed by atoms with Gasteiger partial charge in [-0.2, -0.15) is 0 Å². The predicted octanol–water partition coefficient (Wildman–Crippen LogP) is 3.92. The van der Waals surface area contributed by atoms with E-state index in [1.54, 1.807) is 26.0 Å². The van der Waals surface area contributed by atoms with Crippen LogP contribution in [0.1, 0.15) is 42.5 Å². The van der Waals surface area contributed by atoms with Crippen LogP contribution in [0.5, 0.6) is 0 Å². The molecular weight excluding hydrogens is 638 g/mol. The monoisotopic (exact) mass is 679 g/mol. The molecule has 0 fully saturated rings. The normalized spacial score (nSPS) is 14.3. The topological polar surface area (TPSA) is 125 Å². The van der Waals surface area contributed by atoms with Crippen LogP contribution in [0.25, 0.3) is 0 Å². The Hall–Kier alpha value is -4.02. The van der Waals surface area contributed by atoms with Crippen molar-refractivity contribution in [3.8, 4) is 0 Å². The third-order valence-corrected chi connectivity index (χ3v) is 7.94. The number of amides is 2. The number of hydrogen-bond donors (Lipinski definition) is 3. The summed E-state index contributed by atoms with van der Waals surface area (Å²) in [6, 6.07) is 23.8. The van der Waals surface area contributed by atoms with Crippen LogP contribution in [-0.4, -0.2) is 71.1 Å². The van der Waals surface area contributed by atoms with E-state index in [1.807, 2.05) is 72.8 Å². The zero-order valence-electron chi connectivity index (χ0n) is 25.7. The lowest BCUT2D eigenvalue weighted by molar-refractivity contribution is -0.147. The minimum absolute atomic E-state index is 0. The molecule has 0 spiro atoms. The van der Waals surface area contributed by atoms with Gasteiger partial charge in [0, 0.05) is 12.5 Å². The maximum absolute atomic E-state index is 14.0. The summed E-state index contributed by atoms with van der Waals surface area (Å²) in [7, 11) is 0. The molecule has 9 nitrogen and oxygen atoms in total. The van der Waals surface area contributed by atoms with Gasteiger partial charge in [-0.05, 0) is 61.8 Å². The zero-order valence-corrected chi connectivity index (χ0v) is 27.4. The number of halogens is 1. The molecule has 3 N–H and O–H groups in total. The van der Waals surface area contributed by atoms with Crippen molar-refractivity contribution in [1.29, 1.82) is 0 Å². The molecule has 0 saturated heterocycles. The Morgan fingerprint density at radius 3 is 1.98 bits per heavy atom. The number of esters is 1. The molecule has 4 rings (SSSR count). The van der Waals surface area contributed by atoms with Crippen molar-refractivity contribution in [2.24, 2.45) is 0 Å². The van der Waals surface area contributed by atoms with Gasteiger partial charge in [0.15, 0.2) is 0 Å². The lowest BCUT2D eigenvalue weighted by Crippen LogP contribution is -2.56. The molecule has 0 radical (unpaired) electrons. The molecule has 1 aliphatic rings. The number of carbonyl (C=O) groups excluding carboxylic acids is 3. The first-order valence-corrected chi connectivity index (χ1v) is 15.1. The molecule has 2 amide bonds. The second-order valence-electron chi connectivity index (χ2n) is 11.2. The predicted molar refractivity (Wildman–Crippen MR) is 177 cm³/mol. The molecule has 0 saturated carbocycles. The van der Waals surface area contributed by atoms with Gasteiger partial charge in [-0.1, -0.05) is 84.9 Å². The van der Waals surface area contributed by atoms with Gasteiger partial charge in [0.05, 0.1) is 19.2 Å². The number of carboxylic acid groups (broad SMARTS) is 1. The summed E-state index contributed by atoms with van der Waals surface area (Å²) in [6.45, 7) is 3.32. The van der Waals surface area contributed by atoms with Gasteiger partial charge >= 0.3 is 11.9 Å². The highest BCUT2D eigenvalue weighted by atomic mass is 79.9. The zero-order chi connectivity index (χ0) is 31.5. The molecule has 0 heterocycles. The number of hydrogen-bond acceptors (Lipinski definition) is 6. The van der Waals surface area contributed by atoms with Crippen molar-refractivity contribution < 1.29 is 29.0 Å². The van der Waals surface area contributed by atoms with E-state index in [2.05, 4.69) is 10.6 Å². The first-order chi connectivity index (χ1) is 21.2. The van der Waals surface area contributed by atoms with Gasteiger partial charge in [-0.15, -0.1) is 17.0 Å². The average molecular weight is 681 g/mol. The Morgan fingerprint density at radius 1 is 0.867 bits per heavy atom. The number of fused-ring (bicyclic) bond motifs is 1. The summed E-state index contributed by atoms with van der Waals surface area (Å²) >= 11 is 0. The molecular formula is C35H42BrN3O6. The minimum Gasteiger partial charge on any atom is -0.480 e. The van der Waals surface area contributed by atoms with Crippen molar-refractivity contribution >= 4 is 40.7 Å². The van der Waals surface area contributed by atoms with Crippen LogP contribution in [0.4, 0.5) is 0 Å². The highest BCUT2D eigenvalue weighted by molar-refractivity contribution is 8.93. The van der Waals surface area contributed by atoms with Crippen LogP contribution in [0.15, 0.2) is 84.9 Å². The molecule has 0 aliphatic heterocycles. The van der Waals surface area contributed by atoms with Gasteiger partial charge in [-0.25, -0.2) is 4.79 Å². The van der Waals surface area contributed by atoms with Gasteiger partial charge in [-0.3, -0.25) is 19.7 Å². The van der Waals surface area contributed by atoms with Crippen LogP contribution < -0.4 is 10.6 Å². The average Bonchev–Trinajstić information content (AvgIpc) is 3.46. The number of nitrogens with one attached hydrogen (secondary N) is 2. The minimum atomic E-state index is -1.15. The molecule has 0 aromatic heterocycles. The van der Waals surface area contributed by atoms with Crippen LogP contribution in [-0.2, 0) is 49.6 Å². The van der Waals surface area contributed by atoms with E-state index in [-0.39, 0.29) is 48.5 Å². The van der Waals surface area contributed by atoms with Gasteiger partial charge in [0.1, 0.15) is 12.1 Å². The Morgan fingerprint density at radius 2 is 1.42 bits per heavy atom. The van der Waals surface area contributed by atoms with Crippen LogP contribution >= 0.6 is 17.0 Å². The second-order valence-corrected chi connectivity index (χ2v) is 11.2. The number of carboxylic acids is 1. The molecule has 1 aliphatic carbocycles. The Kier molecular flexibility index (Phi) is 13.8. The molecule has 0 bridgehead atoms. The number of nitrogens with zero attached hydrogens (tertiary/aromatic N) is 1. The summed E-state index contributed by atoms with van der Waals surface area (Å²) < 4.78 is 5.31. The maximum Gasteiger partial charge on any atom is 0.326 e. The molecule has 3 atom stereocenters. The van der Waals surface area contributed by atoms with E-state index in [9.17, 15) is 24.3 Å². The molecule has 45 heavy (non-hydrogen) atoms. The maximum atomic E-state index is 14.0. The highest BCUT2D eigenvalue weighted by Gasteiger charge is 2.35. The first-order valence-electron chi connectivity index (χ1n) is 15.1. The van der Waals surface area contributed by atoms with Crippen molar-refractivity contribution in [1.82, 2.24) is 15.5 Å². The van der Waals surface area contributed by atoms with E-state index in [4.69, 9.17) is 4.74 Å². The summed E-state index contributed by atoms with van der Waals surface area (Å²) in [5.74, 6) is -2.50. The fourth-order valence-electron chi connectivity index (χ4n) is 5.68. The van der Waals surface area contributed by atoms with E-state index in [1.165, 1.54) is 4.90 Å². The third kappa shape index (κ3) is 10.3. The fourth-order valence-corrected chi connectivity index (χ4v) is 5.68. The number of aliphatic carboxylic acids is 1. The van der Waals surface area contributed by atoms with Crippen LogP contribution in [0.2, 0.25) is 0 Å². The van der Waals surface area contributed by atoms with Crippen LogP contribution in [0.3, 0.4) is 0 Å². The second kappa shape index (κ2) is 17.5. The number of benzene rings is 3. The number of ether oxygens (including phenoxy) is 1. The van der Waals surface area contributed by atoms with Crippen molar-refractivity contribution in [2.45, 2.75) is 70.1 Å². The highest BCUT2D eigenvalue weighted by Crippen LogP contribution is 2.26. The SMILES string of the molecule is Br.CCOC(=O)[C@@H](CCc1ccccc1)N[C@@H](C)C(=O)N(CC(=O)N[C@@H](Cc1ccccc1)C(=O)O)C1Cc2ccccc2C1. The Bertz CT molecular complexity index is 1400. The summed E-state index contributed by atoms with van der Waals surface area (Å²) in [4.78, 5) is 53.8. The Balaban J connectivity index is 0.00000552. The first kappa shape index (κ1) is 35.5. The van der Waals surface area contributed by atoms with E-state index in [0.29, 0.717) is 25.7 Å². The standard InChI is InChI=1S/C35H41N3O6.BrH/c1-3-44-35(43)30(19-18-25-12-6-4-7-13-25)36-24(2)33(40)38(29-21-27-16-10-11-17-28(27)22-29)23-32(39)37-31(34(41)42)20-26-14-8-5-9-15-26;/h4-17,24,29-31,36H,3,18-23H2,1-2H3,(H,37,39)(H,41,42);1H/t24-,30+,31-;/m0./s1. The smallest absolute Gasteiger partial charge is 0.326 e. The Labute approximate surface area is 275 Å². The van der Waals surface area contributed by atoms with Gasteiger partial charge in [0.2, 0.25) is 11.8 Å². The van der Waals surface area contributed by atoms with E-state index >= 15 is 0 Å². The molecule has 3 aromatic carbocycles. The molecule has 10 heteroatoms. The van der Waals surface area contributed by atoms with E-state index < -0.39 is 36.0 Å². The lowest BCUT2D eigenvalue weighted by atomic mass is 10.0. The largest absolute Gasteiger partial charge is 0.480 e. The third-order valence-electron chi connectivity index (χ3n) is 7.94. The lowest BCUT2D eigenvalue weighted by Gasteiger charge is -2.32. The van der Waals surface area contributed by atoms with Crippen molar-refractivity contribution in [2.75, 3.05) is 13.2 Å². The summed E-state index contributed by atoms with van der Waals surface area (Å²) in [5.41, 5.74) is 4.05. The number of aryl methyl sites for hydroxylation is 1. The van der Waals surface area contributed by atoms with Crippen molar-refractivity contribution in [3.63, 3.8) is 0 Å². The molecule has 240 valence electrons. The fraction of sp³-hybridized carbons (Fsp3) is 0.371. The molecule has 0 unspecified atom stereocenters. The number of carbonyl (C=O) groups is 4. The summed E-state index contributed by atoms with van der Waals surface area (Å²) in [5, 5.41) is 15.6. The number of rotatable bonds is 15. The van der Waals surface area contributed by atoms with Crippen LogP contribution in [0, 0.1) is 0 Å². The van der Waals surface area contributed by atoms with E-state index in [0.717, 1.165) is 22.3 Å². The van der Waals surface area contributed by atoms with Crippen molar-refractivity contribution in [3.05, 3.63) is 107 Å². The van der Waals surface area contributed by atoms with Gasteiger partial charge < -0.3 is 20.1 Å².